The minimum Gasteiger partial charge on any atom is -0.496 e. The van der Waals surface area contributed by atoms with Crippen LogP contribution in [0.3, 0.4) is 0 Å². The minimum absolute atomic E-state index is 0.0677. The van der Waals surface area contributed by atoms with Gasteiger partial charge in [0.05, 0.1) is 18.4 Å². The highest BCUT2D eigenvalue weighted by molar-refractivity contribution is 6.00. The van der Waals surface area contributed by atoms with Gasteiger partial charge in [-0.3, -0.25) is 4.79 Å². The number of methoxy groups -OCH3 is 1. The number of carbonyl (C=O) groups excluding carboxylic acids is 1. The first-order valence-corrected chi connectivity index (χ1v) is 11.2. The standard InChI is InChI=1S/C27H25FN4O2/c1-34-25-10-6-5-9-23(25)26-24(19-32(29-26)22-7-3-2-4-8-22)27(33)31-17-15-30(16-18-31)21-13-11-20(28)12-14-21/h2-14,19H,15-18H2,1H3. The van der Waals surface area contributed by atoms with Gasteiger partial charge in [0.2, 0.25) is 0 Å². The van der Waals surface area contributed by atoms with E-state index in [9.17, 15) is 9.18 Å². The number of hydrogen-bond acceptors (Lipinski definition) is 4. The Balaban J connectivity index is 1.45. The summed E-state index contributed by atoms with van der Waals surface area (Å²) < 4.78 is 20.6. The predicted octanol–water partition coefficient (Wildman–Crippen LogP) is 4.65. The third kappa shape index (κ3) is 4.24. The molecule has 0 saturated carbocycles. The number of rotatable bonds is 5. The third-order valence-electron chi connectivity index (χ3n) is 6.09. The summed E-state index contributed by atoms with van der Waals surface area (Å²) in [5.74, 6) is 0.342. The Morgan fingerprint density at radius 1 is 0.853 bits per heavy atom. The molecule has 1 aliphatic heterocycles. The summed E-state index contributed by atoms with van der Waals surface area (Å²) in [6, 6.07) is 23.8. The second-order valence-corrected chi connectivity index (χ2v) is 8.13. The van der Waals surface area contributed by atoms with Crippen molar-refractivity contribution in [2.45, 2.75) is 0 Å². The zero-order valence-electron chi connectivity index (χ0n) is 18.9. The molecule has 4 aromatic rings. The zero-order valence-corrected chi connectivity index (χ0v) is 18.9. The second kappa shape index (κ2) is 9.39. The van der Waals surface area contributed by atoms with Gasteiger partial charge in [-0.25, -0.2) is 9.07 Å². The lowest BCUT2D eigenvalue weighted by Gasteiger charge is -2.36. The lowest BCUT2D eigenvalue weighted by Crippen LogP contribution is -2.48. The van der Waals surface area contributed by atoms with E-state index in [0.717, 1.165) is 16.9 Å². The fraction of sp³-hybridized carbons (Fsp3) is 0.185. The van der Waals surface area contributed by atoms with Gasteiger partial charge >= 0.3 is 0 Å². The van der Waals surface area contributed by atoms with Gasteiger partial charge < -0.3 is 14.5 Å². The summed E-state index contributed by atoms with van der Waals surface area (Å²) in [7, 11) is 1.61. The molecule has 0 radical (unpaired) electrons. The summed E-state index contributed by atoms with van der Waals surface area (Å²) in [4.78, 5) is 17.7. The van der Waals surface area contributed by atoms with Crippen molar-refractivity contribution >= 4 is 11.6 Å². The van der Waals surface area contributed by atoms with Crippen LogP contribution in [-0.4, -0.2) is 53.9 Å². The Morgan fingerprint density at radius 2 is 1.53 bits per heavy atom. The minimum atomic E-state index is -0.253. The van der Waals surface area contributed by atoms with Crippen LogP contribution in [0.4, 0.5) is 10.1 Å². The molecule has 1 fully saturated rings. The number of amides is 1. The highest BCUT2D eigenvalue weighted by Crippen LogP contribution is 2.32. The summed E-state index contributed by atoms with van der Waals surface area (Å²) in [5, 5.41) is 4.79. The molecule has 1 amide bonds. The molecular formula is C27H25FN4O2. The zero-order chi connectivity index (χ0) is 23.5. The predicted molar refractivity (Wildman–Crippen MR) is 130 cm³/mol. The molecule has 0 N–H and O–H groups in total. The van der Waals surface area contributed by atoms with Crippen LogP contribution in [0.5, 0.6) is 5.75 Å². The van der Waals surface area contributed by atoms with Crippen LogP contribution in [-0.2, 0) is 0 Å². The van der Waals surface area contributed by atoms with Crippen molar-refractivity contribution in [3.63, 3.8) is 0 Å². The number of para-hydroxylation sites is 2. The Kier molecular flexibility index (Phi) is 5.99. The monoisotopic (exact) mass is 456 g/mol. The quantitative estimate of drug-likeness (QED) is 0.439. The third-order valence-corrected chi connectivity index (χ3v) is 6.09. The number of halogens is 1. The van der Waals surface area contributed by atoms with Gasteiger partial charge in [-0.2, -0.15) is 5.10 Å². The van der Waals surface area contributed by atoms with Crippen molar-refractivity contribution in [1.82, 2.24) is 14.7 Å². The van der Waals surface area contributed by atoms with Crippen molar-refractivity contribution in [3.8, 4) is 22.7 Å². The molecule has 6 nitrogen and oxygen atoms in total. The highest BCUT2D eigenvalue weighted by atomic mass is 19.1. The first kappa shape index (κ1) is 21.7. The van der Waals surface area contributed by atoms with Gasteiger partial charge in [-0.1, -0.05) is 30.3 Å². The van der Waals surface area contributed by atoms with Gasteiger partial charge in [0.25, 0.3) is 5.91 Å². The van der Waals surface area contributed by atoms with Crippen LogP contribution in [0, 0.1) is 5.82 Å². The first-order chi connectivity index (χ1) is 16.6. The van der Waals surface area contributed by atoms with Crippen molar-refractivity contribution < 1.29 is 13.9 Å². The van der Waals surface area contributed by atoms with E-state index < -0.39 is 0 Å². The number of hydrogen-bond donors (Lipinski definition) is 0. The average molecular weight is 457 g/mol. The van der Waals surface area contributed by atoms with E-state index in [1.807, 2.05) is 59.5 Å². The molecule has 1 aromatic heterocycles. The molecule has 3 aromatic carbocycles. The number of carbonyl (C=O) groups is 1. The molecule has 0 aliphatic carbocycles. The Morgan fingerprint density at radius 3 is 2.24 bits per heavy atom. The first-order valence-electron chi connectivity index (χ1n) is 11.2. The fourth-order valence-electron chi connectivity index (χ4n) is 4.27. The molecule has 1 saturated heterocycles. The maximum Gasteiger partial charge on any atom is 0.257 e. The molecule has 172 valence electrons. The van der Waals surface area contributed by atoms with Crippen LogP contribution in [0.15, 0.2) is 85.1 Å². The van der Waals surface area contributed by atoms with E-state index in [2.05, 4.69) is 4.90 Å². The van der Waals surface area contributed by atoms with Crippen molar-refractivity contribution in [2.24, 2.45) is 0 Å². The number of nitrogens with zero attached hydrogens (tertiary/aromatic N) is 4. The lowest BCUT2D eigenvalue weighted by atomic mass is 10.1. The molecule has 2 heterocycles. The van der Waals surface area contributed by atoms with Gasteiger partial charge in [0, 0.05) is 43.6 Å². The van der Waals surface area contributed by atoms with Gasteiger partial charge in [0.1, 0.15) is 17.3 Å². The van der Waals surface area contributed by atoms with Crippen LogP contribution < -0.4 is 9.64 Å². The smallest absolute Gasteiger partial charge is 0.257 e. The van der Waals surface area contributed by atoms with Crippen LogP contribution in [0.1, 0.15) is 10.4 Å². The Labute approximate surface area is 197 Å². The summed E-state index contributed by atoms with van der Waals surface area (Å²) in [6.45, 7) is 2.48. The molecule has 0 spiro atoms. The van der Waals surface area contributed by atoms with Crippen LogP contribution >= 0.6 is 0 Å². The van der Waals surface area contributed by atoms with Crippen molar-refractivity contribution in [3.05, 3.63) is 96.4 Å². The number of piperazine rings is 1. The Bertz CT molecular complexity index is 1280. The normalized spacial score (nSPS) is 13.7. The summed E-state index contributed by atoms with van der Waals surface area (Å²) >= 11 is 0. The number of anilines is 1. The number of aromatic nitrogens is 2. The van der Waals surface area contributed by atoms with E-state index in [1.54, 1.807) is 30.1 Å². The lowest BCUT2D eigenvalue weighted by molar-refractivity contribution is 0.0747. The molecule has 0 bridgehead atoms. The van der Waals surface area contributed by atoms with Crippen molar-refractivity contribution in [1.29, 1.82) is 0 Å². The average Bonchev–Trinajstić information content (AvgIpc) is 3.35. The maximum absolute atomic E-state index is 13.7. The van der Waals surface area contributed by atoms with Gasteiger partial charge in [0.15, 0.2) is 0 Å². The van der Waals surface area contributed by atoms with E-state index in [1.165, 1.54) is 12.1 Å². The maximum atomic E-state index is 13.7. The van der Waals surface area contributed by atoms with Gasteiger partial charge in [-0.05, 0) is 48.5 Å². The molecule has 7 heteroatoms. The van der Waals surface area contributed by atoms with E-state index in [0.29, 0.717) is 43.2 Å². The molecule has 1 aliphatic rings. The molecule has 34 heavy (non-hydrogen) atoms. The fourth-order valence-corrected chi connectivity index (χ4v) is 4.27. The molecular weight excluding hydrogens is 431 g/mol. The van der Waals surface area contributed by atoms with Crippen LogP contribution in [0.2, 0.25) is 0 Å². The topological polar surface area (TPSA) is 50.6 Å². The van der Waals surface area contributed by atoms with E-state index in [4.69, 9.17) is 9.84 Å². The van der Waals surface area contributed by atoms with E-state index >= 15 is 0 Å². The summed E-state index contributed by atoms with van der Waals surface area (Å²) in [5.41, 5.74) is 3.72. The largest absolute Gasteiger partial charge is 0.496 e. The van der Waals surface area contributed by atoms with Crippen molar-refractivity contribution in [2.75, 3.05) is 38.2 Å². The summed E-state index contributed by atoms with van der Waals surface area (Å²) in [6.07, 6.45) is 1.80. The highest BCUT2D eigenvalue weighted by Gasteiger charge is 2.27. The SMILES string of the molecule is COc1ccccc1-c1nn(-c2ccccc2)cc1C(=O)N1CCN(c2ccc(F)cc2)CC1. The Hall–Kier alpha value is -4.13. The molecule has 0 atom stereocenters. The van der Waals surface area contributed by atoms with E-state index in [-0.39, 0.29) is 11.7 Å². The number of benzene rings is 3. The second-order valence-electron chi connectivity index (χ2n) is 8.13. The van der Waals surface area contributed by atoms with Gasteiger partial charge in [-0.15, -0.1) is 0 Å². The van der Waals surface area contributed by atoms with Crippen LogP contribution in [0.25, 0.3) is 16.9 Å². The molecule has 5 rings (SSSR count). The molecule has 0 unspecified atom stereocenters. The number of ether oxygens (including phenoxy) is 1.